The van der Waals surface area contributed by atoms with Crippen molar-refractivity contribution in [2.75, 3.05) is 0 Å². The summed E-state index contributed by atoms with van der Waals surface area (Å²) in [4.78, 5) is 12.4. The van der Waals surface area contributed by atoms with E-state index < -0.39 is 0 Å². The third kappa shape index (κ3) is 4.66. The van der Waals surface area contributed by atoms with Gasteiger partial charge in [-0.3, -0.25) is 4.79 Å². The summed E-state index contributed by atoms with van der Waals surface area (Å²) in [6, 6.07) is 4.73. The fraction of sp³-hybridized carbons (Fsp3) is 0.632. The van der Waals surface area contributed by atoms with Crippen LogP contribution in [0.3, 0.4) is 0 Å². The van der Waals surface area contributed by atoms with Gasteiger partial charge in [-0.15, -0.1) is 0 Å². The number of aryl methyl sites for hydroxylation is 1. The summed E-state index contributed by atoms with van der Waals surface area (Å²) in [7, 11) is 0. The second-order valence-electron chi connectivity index (χ2n) is 6.57. The van der Waals surface area contributed by atoms with E-state index in [1.54, 1.807) is 6.07 Å². The number of benzene rings is 1. The molecule has 0 N–H and O–H groups in total. The lowest BCUT2D eigenvalue weighted by atomic mass is 9.77. The van der Waals surface area contributed by atoms with Crippen molar-refractivity contribution in [1.29, 1.82) is 0 Å². The van der Waals surface area contributed by atoms with Gasteiger partial charge < -0.3 is 0 Å². The van der Waals surface area contributed by atoms with Crippen molar-refractivity contribution in [2.45, 2.75) is 65.2 Å². The molecule has 1 fully saturated rings. The van der Waals surface area contributed by atoms with Crippen molar-refractivity contribution in [3.63, 3.8) is 0 Å². The molecule has 0 bridgehead atoms. The molecule has 0 radical (unpaired) electrons. The van der Waals surface area contributed by atoms with Gasteiger partial charge in [0, 0.05) is 12.3 Å². The summed E-state index contributed by atoms with van der Waals surface area (Å²) < 4.78 is 13.1. The molecule has 0 amide bonds. The first-order chi connectivity index (χ1) is 10.1. The minimum atomic E-state index is -0.222. The lowest BCUT2D eigenvalue weighted by molar-refractivity contribution is -0.123. The number of hydrogen-bond donors (Lipinski definition) is 0. The highest BCUT2D eigenvalue weighted by Gasteiger charge is 2.26. The maximum Gasteiger partial charge on any atom is 0.140 e. The van der Waals surface area contributed by atoms with E-state index in [1.165, 1.54) is 44.2 Å². The third-order valence-corrected chi connectivity index (χ3v) is 4.94. The first kappa shape index (κ1) is 16.2. The number of ketones is 1. The summed E-state index contributed by atoms with van der Waals surface area (Å²) in [5.74, 6) is 1.19. The van der Waals surface area contributed by atoms with Crippen LogP contribution in [0.25, 0.3) is 0 Å². The van der Waals surface area contributed by atoms with Crippen molar-refractivity contribution in [2.24, 2.45) is 11.8 Å². The molecule has 1 aliphatic carbocycles. The molecule has 1 aromatic rings. The molecule has 2 heteroatoms. The van der Waals surface area contributed by atoms with Gasteiger partial charge in [-0.2, -0.15) is 0 Å². The number of Topliss-reactive ketones (excluding diaryl/α,β-unsaturated/α-hetero) is 1. The number of rotatable bonds is 6. The predicted molar refractivity (Wildman–Crippen MR) is 84.8 cm³/mol. The Kier molecular flexibility index (Phi) is 5.96. The smallest absolute Gasteiger partial charge is 0.140 e. The van der Waals surface area contributed by atoms with E-state index >= 15 is 0 Å². The topological polar surface area (TPSA) is 17.1 Å². The maximum absolute atomic E-state index is 13.1. The molecule has 1 aliphatic rings. The second-order valence-corrected chi connectivity index (χ2v) is 6.57. The molecule has 0 saturated heterocycles. The number of hydrogen-bond acceptors (Lipinski definition) is 1. The molecule has 2 rings (SSSR count). The number of carbonyl (C=O) groups excluding carboxylic acids is 1. The van der Waals surface area contributed by atoms with Crippen LogP contribution in [0.4, 0.5) is 4.39 Å². The molecule has 0 aliphatic heterocycles. The average molecular weight is 290 g/mol. The lowest BCUT2D eigenvalue weighted by Gasteiger charge is -2.27. The van der Waals surface area contributed by atoms with Crippen LogP contribution >= 0.6 is 0 Å². The quantitative estimate of drug-likeness (QED) is 0.700. The Morgan fingerprint density at radius 3 is 2.57 bits per heavy atom. The van der Waals surface area contributed by atoms with Crippen LogP contribution in [0.5, 0.6) is 0 Å². The highest BCUT2D eigenvalue weighted by molar-refractivity contribution is 5.83. The van der Waals surface area contributed by atoms with Gasteiger partial charge in [-0.25, -0.2) is 4.39 Å². The van der Waals surface area contributed by atoms with Crippen molar-refractivity contribution in [3.05, 3.63) is 35.1 Å². The van der Waals surface area contributed by atoms with Crippen LogP contribution in [0.2, 0.25) is 0 Å². The highest BCUT2D eigenvalue weighted by Crippen LogP contribution is 2.33. The molecule has 21 heavy (non-hydrogen) atoms. The number of carbonyl (C=O) groups is 1. The molecular weight excluding hydrogens is 263 g/mol. The number of unbranched alkanes of at least 4 members (excludes halogenated alkanes) is 1. The van der Waals surface area contributed by atoms with Crippen LogP contribution in [0.1, 0.15) is 63.0 Å². The van der Waals surface area contributed by atoms with Gasteiger partial charge in [-0.1, -0.05) is 32.3 Å². The van der Waals surface area contributed by atoms with E-state index in [0.717, 1.165) is 29.9 Å². The van der Waals surface area contributed by atoms with E-state index in [0.29, 0.717) is 12.2 Å². The summed E-state index contributed by atoms with van der Waals surface area (Å²) >= 11 is 0. The van der Waals surface area contributed by atoms with Gasteiger partial charge in [0.25, 0.3) is 0 Å². The summed E-state index contributed by atoms with van der Waals surface area (Å²) in [6.45, 7) is 4.12. The Labute approximate surface area is 127 Å². The van der Waals surface area contributed by atoms with E-state index in [2.05, 4.69) is 6.92 Å². The van der Waals surface area contributed by atoms with Crippen molar-refractivity contribution in [1.82, 2.24) is 0 Å². The van der Waals surface area contributed by atoms with E-state index in [9.17, 15) is 9.18 Å². The van der Waals surface area contributed by atoms with Crippen molar-refractivity contribution < 1.29 is 9.18 Å². The largest absolute Gasteiger partial charge is 0.299 e. The minimum absolute atomic E-state index is 0.222. The van der Waals surface area contributed by atoms with Crippen molar-refractivity contribution in [3.8, 4) is 0 Å². The zero-order valence-corrected chi connectivity index (χ0v) is 13.3. The molecule has 0 aromatic heterocycles. The van der Waals surface area contributed by atoms with E-state index in [-0.39, 0.29) is 11.7 Å². The molecule has 0 heterocycles. The van der Waals surface area contributed by atoms with Crippen LogP contribution in [0.15, 0.2) is 18.2 Å². The Hall–Kier alpha value is -1.18. The Morgan fingerprint density at radius 2 is 1.95 bits per heavy atom. The fourth-order valence-electron chi connectivity index (χ4n) is 3.46. The Morgan fingerprint density at radius 1 is 1.24 bits per heavy atom. The summed E-state index contributed by atoms with van der Waals surface area (Å²) in [6.07, 6.45) is 8.89. The SMILES string of the molecule is CCCCC1CCC(C(=O)Cc2ccc(F)cc2C)CC1. The van der Waals surface area contributed by atoms with Gasteiger partial charge >= 0.3 is 0 Å². The first-order valence-corrected chi connectivity index (χ1v) is 8.38. The second kappa shape index (κ2) is 7.72. The molecule has 0 unspecified atom stereocenters. The highest BCUT2D eigenvalue weighted by atomic mass is 19.1. The summed E-state index contributed by atoms with van der Waals surface area (Å²) in [5, 5.41) is 0. The van der Waals surface area contributed by atoms with Crippen LogP contribution in [-0.2, 0) is 11.2 Å². The van der Waals surface area contributed by atoms with E-state index in [1.807, 2.05) is 6.92 Å². The molecular formula is C19H27FO. The van der Waals surface area contributed by atoms with Gasteiger partial charge in [-0.05, 0) is 61.8 Å². The fourth-order valence-corrected chi connectivity index (χ4v) is 3.46. The predicted octanol–water partition coefficient (Wildman–Crippen LogP) is 5.24. The van der Waals surface area contributed by atoms with Gasteiger partial charge in [0.15, 0.2) is 0 Å². The third-order valence-electron chi connectivity index (χ3n) is 4.94. The number of halogens is 1. The zero-order chi connectivity index (χ0) is 15.2. The zero-order valence-electron chi connectivity index (χ0n) is 13.3. The lowest BCUT2D eigenvalue weighted by Crippen LogP contribution is -2.23. The normalized spacial score (nSPS) is 22.2. The maximum atomic E-state index is 13.1. The molecule has 1 aromatic carbocycles. The van der Waals surface area contributed by atoms with Gasteiger partial charge in [0.2, 0.25) is 0 Å². The monoisotopic (exact) mass is 290 g/mol. The Balaban J connectivity index is 1.84. The first-order valence-electron chi connectivity index (χ1n) is 8.38. The van der Waals surface area contributed by atoms with Gasteiger partial charge in [0.05, 0.1) is 0 Å². The van der Waals surface area contributed by atoms with Crippen molar-refractivity contribution >= 4 is 5.78 Å². The van der Waals surface area contributed by atoms with Crippen LogP contribution < -0.4 is 0 Å². The van der Waals surface area contributed by atoms with Crippen LogP contribution in [-0.4, -0.2) is 5.78 Å². The molecule has 1 saturated carbocycles. The Bertz CT molecular complexity index is 472. The molecule has 0 spiro atoms. The minimum Gasteiger partial charge on any atom is -0.299 e. The summed E-state index contributed by atoms with van der Waals surface area (Å²) in [5.41, 5.74) is 1.87. The molecule has 116 valence electrons. The molecule has 1 nitrogen and oxygen atoms in total. The van der Waals surface area contributed by atoms with E-state index in [4.69, 9.17) is 0 Å². The average Bonchev–Trinajstić information content (AvgIpc) is 2.48. The van der Waals surface area contributed by atoms with Gasteiger partial charge in [0.1, 0.15) is 11.6 Å². The van der Waals surface area contributed by atoms with Crippen LogP contribution in [0, 0.1) is 24.6 Å². The molecule has 0 atom stereocenters. The standard InChI is InChI=1S/C19H27FO/c1-3-4-5-15-6-8-16(9-7-15)19(21)13-17-10-11-18(20)12-14(17)2/h10-12,15-16H,3-9,13H2,1-2H3.